The van der Waals surface area contributed by atoms with Crippen molar-refractivity contribution in [2.75, 3.05) is 12.3 Å². The van der Waals surface area contributed by atoms with Crippen molar-refractivity contribution < 1.29 is 4.79 Å². The molecule has 1 aliphatic carbocycles. The first kappa shape index (κ1) is 10.3. The van der Waals surface area contributed by atoms with Crippen LogP contribution in [0.2, 0.25) is 5.02 Å². The molecule has 0 saturated heterocycles. The van der Waals surface area contributed by atoms with Crippen LogP contribution < -0.4 is 11.1 Å². The third-order valence-corrected chi connectivity index (χ3v) is 2.74. The number of nitrogen functional groups attached to an aromatic ring is 1. The highest BCUT2D eigenvalue weighted by Gasteiger charge is 2.22. The largest absolute Gasteiger partial charge is 0.398 e. The second-order valence-corrected chi connectivity index (χ2v) is 4.32. The summed E-state index contributed by atoms with van der Waals surface area (Å²) in [6.07, 6.45) is 2.43. The van der Waals surface area contributed by atoms with Crippen LogP contribution in [0.5, 0.6) is 0 Å². The van der Waals surface area contributed by atoms with Crippen molar-refractivity contribution in [2.24, 2.45) is 5.92 Å². The summed E-state index contributed by atoms with van der Waals surface area (Å²) < 4.78 is 0. The smallest absolute Gasteiger partial charge is 0.253 e. The third-order valence-electron chi connectivity index (χ3n) is 2.51. The molecule has 0 radical (unpaired) electrons. The average molecular weight is 225 g/mol. The van der Waals surface area contributed by atoms with Crippen molar-refractivity contribution in [3.63, 3.8) is 0 Å². The van der Waals surface area contributed by atoms with E-state index in [9.17, 15) is 4.79 Å². The summed E-state index contributed by atoms with van der Waals surface area (Å²) in [4.78, 5) is 11.7. The monoisotopic (exact) mass is 224 g/mol. The Morgan fingerprint density at radius 1 is 1.53 bits per heavy atom. The number of benzene rings is 1. The van der Waals surface area contributed by atoms with E-state index in [4.69, 9.17) is 17.3 Å². The first-order chi connectivity index (χ1) is 7.16. The molecule has 3 N–H and O–H groups in total. The molecule has 0 atom stereocenters. The quantitative estimate of drug-likeness (QED) is 0.773. The number of carbonyl (C=O) groups excluding carboxylic acids is 1. The van der Waals surface area contributed by atoms with E-state index in [0.29, 0.717) is 22.2 Å². The molecule has 0 aliphatic heterocycles. The van der Waals surface area contributed by atoms with E-state index in [1.54, 1.807) is 18.2 Å². The van der Waals surface area contributed by atoms with E-state index in [2.05, 4.69) is 5.32 Å². The van der Waals surface area contributed by atoms with Gasteiger partial charge in [-0.2, -0.15) is 0 Å². The number of carbonyl (C=O) groups is 1. The molecule has 1 saturated carbocycles. The molecule has 0 bridgehead atoms. The third kappa shape index (κ3) is 2.63. The predicted octanol–water partition coefficient (Wildman–Crippen LogP) is 2.06. The summed E-state index contributed by atoms with van der Waals surface area (Å²) in [5.74, 6) is 0.524. The average Bonchev–Trinajstić information content (AvgIpc) is 3.02. The molecule has 1 fully saturated rings. The van der Waals surface area contributed by atoms with Crippen molar-refractivity contribution in [3.05, 3.63) is 28.8 Å². The minimum atomic E-state index is -0.137. The van der Waals surface area contributed by atoms with Crippen molar-refractivity contribution in [2.45, 2.75) is 12.8 Å². The van der Waals surface area contributed by atoms with Gasteiger partial charge in [-0.05, 0) is 37.0 Å². The number of hydrogen-bond donors (Lipinski definition) is 2. The molecule has 1 amide bonds. The Morgan fingerprint density at radius 3 is 2.93 bits per heavy atom. The number of nitrogens with one attached hydrogen (secondary N) is 1. The minimum Gasteiger partial charge on any atom is -0.398 e. The molecule has 1 aliphatic rings. The lowest BCUT2D eigenvalue weighted by molar-refractivity contribution is 0.0952. The van der Waals surface area contributed by atoms with Gasteiger partial charge in [-0.25, -0.2) is 0 Å². The number of halogens is 1. The first-order valence-electron chi connectivity index (χ1n) is 5.00. The molecule has 4 heteroatoms. The summed E-state index contributed by atoms with van der Waals surface area (Å²) in [7, 11) is 0. The Balaban J connectivity index is 2.05. The van der Waals surface area contributed by atoms with Crippen LogP contribution >= 0.6 is 11.6 Å². The van der Waals surface area contributed by atoms with E-state index in [1.165, 1.54) is 12.8 Å². The van der Waals surface area contributed by atoms with E-state index in [1.807, 2.05) is 0 Å². The van der Waals surface area contributed by atoms with Gasteiger partial charge in [0.2, 0.25) is 0 Å². The summed E-state index contributed by atoms with van der Waals surface area (Å²) >= 11 is 5.80. The topological polar surface area (TPSA) is 55.1 Å². The lowest BCUT2D eigenvalue weighted by atomic mass is 10.1. The Labute approximate surface area is 93.6 Å². The molecule has 15 heavy (non-hydrogen) atoms. The maximum atomic E-state index is 11.7. The van der Waals surface area contributed by atoms with Crippen molar-refractivity contribution >= 4 is 23.2 Å². The molecule has 0 spiro atoms. The van der Waals surface area contributed by atoms with Gasteiger partial charge in [0.25, 0.3) is 5.91 Å². The van der Waals surface area contributed by atoms with Gasteiger partial charge in [0.05, 0.1) is 5.56 Å². The normalized spacial score (nSPS) is 15.0. The van der Waals surface area contributed by atoms with Crippen LogP contribution in [-0.2, 0) is 0 Å². The lowest BCUT2D eigenvalue weighted by Gasteiger charge is -2.07. The molecular weight excluding hydrogens is 212 g/mol. The minimum absolute atomic E-state index is 0.137. The highest BCUT2D eigenvalue weighted by Crippen LogP contribution is 2.27. The fourth-order valence-electron chi connectivity index (χ4n) is 1.38. The molecule has 1 aromatic carbocycles. The van der Waals surface area contributed by atoms with Crippen LogP contribution in [-0.4, -0.2) is 12.5 Å². The second kappa shape index (κ2) is 4.11. The molecule has 0 heterocycles. The fraction of sp³-hybridized carbons (Fsp3) is 0.364. The van der Waals surface area contributed by atoms with Crippen molar-refractivity contribution in [1.82, 2.24) is 5.32 Å². The highest BCUT2D eigenvalue weighted by atomic mass is 35.5. The Kier molecular flexibility index (Phi) is 2.82. The maximum absolute atomic E-state index is 11.7. The van der Waals surface area contributed by atoms with Crippen molar-refractivity contribution in [1.29, 1.82) is 0 Å². The van der Waals surface area contributed by atoms with Crippen molar-refractivity contribution in [3.8, 4) is 0 Å². The van der Waals surface area contributed by atoms with E-state index >= 15 is 0 Å². The zero-order valence-electron chi connectivity index (χ0n) is 8.29. The molecule has 80 valence electrons. The number of hydrogen-bond acceptors (Lipinski definition) is 2. The maximum Gasteiger partial charge on any atom is 0.253 e. The SMILES string of the molecule is Nc1ccc(Cl)cc1C(=O)NCC1CC1. The molecular formula is C11H13ClN2O. The first-order valence-corrected chi connectivity index (χ1v) is 5.38. The summed E-state index contributed by atoms with van der Waals surface area (Å²) in [6.45, 7) is 0.741. The van der Waals surface area contributed by atoms with Crippen LogP contribution in [0, 0.1) is 5.92 Å². The van der Waals surface area contributed by atoms with Crippen LogP contribution in [0.4, 0.5) is 5.69 Å². The van der Waals surface area contributed by atoms with Gasteiger partial charge in [0, 0.05) is 17.3 Å². The highest BCUT2D eigenvalue weighted by molar-refractivity contribution is 6.31. The summed E-state index contributed by atoms with van der Waals surface area (Å²) in [6, 6.07) is 4.92. The molecule has 1 aromatic rings. The molecule has 0 aromatic heterocycles. The van der Waals surface area contributed by atoms with Gasteiger partial charge in [-0.1, -0.05) is 11.6 Å². The summed E-state index contributed by atoms with van der Waals surface area (Å²) in [5, 5.41) is 3.38. The van der Waals surface area contributed by atoms with Gasteiger partial charge >= 0.3 is 0 Å². The summed E-state index contributed by atoms with van der Waals surface area (Å²) in [5.41, 5.74) is 6.62. The predicted molar refractivity (Wildman–Crippen MR) is 60.9 cm³/mol. The van der Waals surface area contributed by atoms with E-state index in [-0.39, 0.29) is 5.91 Å². The zero-order valence-corrected chi connectivity index (χ0v) is 9.05. The Morgan fingerprint density at radius 2 is 2.27 bits per heavy atom. The van der Waals surface area contributed by atoms with Gasteiger partial charge in [0.1, 0.15) is 0 Å². The van der Waals surface area contributed by atoms with Crippen LogP contribution in [0.3, 0.4) is 0 Å². The Bertz CT molecular complexity index is 388. The number of rotatable bonds is 3. The van der Waals surface area contributed by atoms with E-state index < -0.39 is 0 Å². The van der Waals surface area contributed by atoms with Crippen LogP contribution in [0.25, 0.3) is 0 Å². The van der Waals surface area contributed by atoms with Gasteiger partial charge in [-0.3, -0.25) is 4.79 Å². The molecule has 2 rings (SSSR count). The molecule has 0 unspecified atom stereocenters. The lowest BCUT2D eigenvalue weighted by Crippen LogP contribution is -2.26. The van der Waals surface area contributed by atoms with Crippen LogP contribution in [0.1, 0.15) is 23.2 Å². The standard InChI is InChI=1S/C11H13ClN2O/c12-8-3-4-10(13)9(5-8)11(15)14-6-7-1-2-7/h3-5,7H,1-2,6,13H2,(H,14,15). The van der Waals surface area contributed by atoms with Crippen LogP contribution in [0.15, 0.2) is 18.2 Å². The fourth-order valence-corrected chi connectivity index (χ4v) is 1.55. The molecule has 3 nitrogen and oxygen atoms in total. The van der Waals surface area contributed by atoms with Gasteiger partial charge in [0.15, 0.2) is 0 Å². The van der Waals surface area contributed by atoms with Gasteiger partial charge in [-0.15, -0.1) is 0 Å². The number of anilines is 1. The van der Waals surface area contributed by atoms with Gasteiger partial charge < -0.3 is 11.1 Å². The second-order valence-electron chi connectivity index (χ2n) is 3.88. The zero-order chi connectivity index (χ0) is 10.8. The number of amides is 1. The Hall–Kier alpha value is -1.22. The van der Waals surface area contributed by atoms with E-state index in [0.717, 1.165) is 6.54 Å². The number of nitrogens with two attached hydrogens (primary N) is 1.